The van der Waals surface area contributed by atoms with E-state index >= 15 is 0 Å². The lowest BCUT2D eigenvalue weighted by Gasteiger charge is -2.07. The van der Waals surface area contributed by atoms with Crippen molar-refractivity contribution < 1.29 is 0 Å². The van der Waals surface area contributed by atoms with Gasteiger partial charge in [-0.05, 0) is 50.7 Å². The maximum absolute atomic E-state index is 4.52. The van der Waals surface area contributed by atoms with Crippen LogP contribution < -0.4 is 5.32 Å². The molecule has 0 fully saturated rings. The molecule has 108 valence electrons. The number of thioether (sulfide) groups is 1. The van der Waals surface area contributed by atoms with E-state index in [0.29, 0.717) is 0 Å². The van der Waals surface area contributed by atoms with Crippen molar-refractivity contribution in [1.82, 2.24) is 15.3 Å². The first-order valence-electron chi connectivity index (χ1n) is 6.84. The lowest BCUT2D eigenvalue weighted by Crippen LogP contribution is -2.19. The molecule has 2 aromatic heterocycles. The predicted octanol–water partition coefficient (Wildman–Crippen LogP) is 3.39. The average Bonchev–Trinajstić information content (AvgIpc) is 2.93. The summed E-state index contributed by atoms with van der Waals surface area (Å²) in [6, 6.07) is 4.29. The van der Waals surface area contributed by atoms with Crippen molar-refractivity contribution >= 4 is 23.1 Å². The molecular weight excluding hydrogens is 286 g/mol. The van der Waals surface area contributed by atoms with E-state index in [1.807, 2.05) is 25.2 Å². The van der Waals surface area contributed by atoms with E-state index in [4.69, 9.17) is 0 Å². The molecule has 3 nitrogen and oxygen atoms in total. The molecular formula is C15H21N3S2. The predicted molar refractivity (Wildman–Crippen MR) is 87.9 cm³/mol. The quantitative estimate of drug-likeness (QED) is 0.483. The summed E-state index contributed by atoms with van der Waals surface area (Å²) in [7, 11) is 0. The fraction of sp³-hybridized carbons (Fsp3) is 0.467. The minimum Gasteiger partial charge on any atom is -0.316 e. The van der Waals surface area contributed by atoms with E-state index in [1.54, 1.807) is 11.8 Å². The van der Waals surface area contributed by atoms with Crippen LogP contribution in [0.2, 0.25) is 0 Å². The highest BCUT2D eigenvalue weighted by Crippen LogP contribution is 2.16. The van der Waals surface area contributed by atoms with Gasteiger partial charge in [-0.15, -0.1) is 11.3 Å². The van der Waals surface area contributed by atoms with Crippen molar-refractivity contribution in [3.05, 3.63) is 39.3 Å². The van der Waals surface area contributed by atoms with E-state index in [1.165, 1.54) is 10.4 Å². The number of nitrogens with one attached hydrogen (secondary N) is 1. The molecule has 2 heterocycles. The summed E-state index contributed by atoms with van der Waals surface area (Å²) in [6.45, 7) is 8.20. The molecule has 1 N–H and O–H groups in total. The zero-order valence-electron chi connectivity index (χ0n) is 12.3. The van der Waals surface area contributed by atoms with Gasteiger partial charge in [0, 0.05) is 28.6 Å². The zero-order chi connectivity index (χ0) is 14.4. The largest absolute Gasteiger partial charge is 0.316 e. The second-order valence-corrected chi connectivity index (χ2v) is 6.82. The molecule has 0 aliphatic rings. The van der Waals surface area contributed by atoms with Gasteiger partial charge in [0.1, 0.15) is 0 Å². The SMILES string of the molecule is Cc1nc(SCCNCCc2cccs2)nc(C)c1C. The lowest BCUT2D eigenvalue weighted by molar-refractivity contribution is 0.724. The number of thiophene rings is 1. The van der Waals surface area contributed by atoms with Crippen LogP contribution in [-0.2, 0) is 6.42 Å². The minimum atomic E-state index is 0.894. The first-order chi connectivity index (χ1) is 9.66. The molecule has 0 saturated carbocycles. The third-order valence-corrected chi connectivity index (χ3v) is 5.04. The van der Waals surface area contributed by atoms with E-state index < -0.39 is 0 Å². The van der Waals surface area contributed by atoms with Gasteiger partial charge < -0.3 is 5.32 Å². The summed E-state index contributed by atoms with van der Waals surface area (Å²) in [6.07, 6.45) is 1.11. The Morgan fingerprint density at radius 2 is 1.90 bits per heavy atom. The van der Waals surface area contributed by atoms with Crippen LogP contribution in [0.4, 0.5) is 0 Å². The molecule has 0 aliphatic heterocycles. The standard InChI is InChI=1S/C15H21N3S2/c1-11-12(2)17-15(18-13(11)3)20-10-8-16-7-6-14-5-4-9-19-14/h4-5,9,16H,6-8,10H2,1-3H3. The lowest BCUT2D eigenvalue weighted by atomic mass is 10.2. The van der Waals surface area contributed by atoms with Gasteiger partial charge in [0.05, 0.1) is 0 Å². The topological polar surface area (TPSA) is 37.8 Å². The Kier molecular flexibility index (Phi) is 6.01. The molecule has 0 bridgehead atoms. The van der Waals surface area contributed by atoms with E-state index in [9.17, 15) is 0 Å². The van der Waals surface area contributed by atoms with Crippen molar-refractivity contribution in [1.29, 1.82) is 0 Å². The number of hydrogen-bond donors (Lipinski definition) is 1. The highest BCUT2D eigenvalue weighted by atomic mass is 32.2. The van der Waals surface area contributed by atoms with Crippen LogP contribution in [0.25, 0.3) is 0 Å². The van der Waals surface area contributed by atoms with E-state index in [0.717, 1.165) is 41.8 Å². The van der Waals surface area contributed by atoms with Crippen LogP contribution in [0.3, 0.4) is 0 Å². The Hall–Kier alpha value is -0.910. The molecule has 0 aliphatic carbocycles. The van der Waals surface area contributed by atoms with Crippen LogP contribution in [0.5, 0.6) is 0 Å². The molecule has 20 heavy (non-hydrogen) atoms. The Morgan fingerprint density at radius 3 is 2.55 bits per heavy atom. The molecule has 0 unspecified atom stereocenters. The van der Waals surface area contributed by atoms with Crippen LogP contribution in [0.1, 0.15) is 21.8 Å². The first kappa shape index (κ1) is 15.5. The Bertz CT molecular complexity index is 515. The maximum atomic E-state index is 4.52. The van der Waals surface area contributed by atoms with Gasteiger partial charge in [-0.1, -0.05) is 17.8 Å². The fourth-order valence-corrected chi connectivity index (χ4v) is 3.35. The Balaban J connectivity index is 1.66. The molecule has 5 heteroatoms. The summed E-state index contributed by atoms with van der Waals surface area (Å²) in [5.74, 6) is 1.01. The summed E-state index contributed by atoms with van der Waals surface area (Å²) in [5.41, 5.74) is 3.37. The van der Waals surface area contributed by atoms with E-state index in [2.05, 4.69) is 39.7 Å². The highest BCUT2D eigenvalue weighted by Gasteiger charge is 2.04. The Morgan fingerprint density at radius 1 is 1.15 bits per heavy atom. The zero-order valence-corrected chi connectivity index (χ0v) is 13.9. The van der Waals surface area contributed by atoms with Crippen molar-refractivity contribution in [3.63, 3.8) is 0 Å². The molecule has 0 spiro atoms. The first-order valence-corrected chi connectivity index (χ1v) is 8.71. The summed E-state index contributed by atoms with van der Waals surface area (Å²) < 4.78 is 0. The van der Waals surface area contributed by atoms with Gasteiger partial charge in [0.2, 0.25) is 0 Å². The van der Waals surface area contributed by atoms with Crippen molar-refractivity contribution in [2.45, 2.75) is 32.3 Å². The van der Waals surface area contributed by atoms with Crippen LogP contribution in [0, 0.1) is 20.8 Å². The molecule has 2 rings (SSSR count). The minimum absolute atomic E-state index is 0.894. The number of aromatic nitrogens is 2. The average molecular weight is 307 g/mol. The Labute approximate surface area is 129 Å². The van der Waals surface area contributed by atoms with Crippen molar-refractivity contribution in [2.75, 3.05) is 18.8 Å². The molecule has 0 atom stereocenters. The second-order valence-electron chi connectivity index (χ2n) is 4.73. The number of rotatable bonds is 7. The summed E-state index contributed by atoms with van der Waals surface area (Å²) in [5, 5.41) is 6.49. The second kappa shape index (κ2) is 7.76. The summed E-state index contributed by atoms with van der Waals surface area (Å²) >= 11 is 3.55. The van der Waals surface area contributed by atoms with Crippen molar-refractivity contribution in [3.8, 4) is 0 Å². The van der Waals surface area contributed by atoms with Crippen molar-refractivity contribution in [2.24, 2.45) is 0 Å². The number of nitrogens with zero attached hydrogens (tertiary/aromatic N) is 2. The third kappa shape index (κ3) is 4.58. The third-order valence-electron chi connectivity index (χ3n) is 3.25. The summed E-state index contributed by atoms with van der Waals surface area (Å²) in [4.78, 5) is 10.5. The smallest absolute Gasteiger partial charge is 0.188 e. The van der Waals surface area contributed by atoms with Gasteiger partial charge >= 0.3 is 0 Å². The van der Waals surface area contributed by atoms with Gasteiger partial charge in [-0.2, -0.15) is 0 Å². The number of hydrogen-bond acceptors (Lipinski definition) is 5. The van der Waals surface area contributed by atoms with Gasteiger partial charge in [-0.25, -0.2) is 9.97 Å². The molecule has 0 saturated heterocycles. The fourth-order valence-electron chi connectivity index (χ4n) is 1.81. The van der Waals surface area contributed by atoms with Crippen LogP contribution in [-0.4, -0.2) is 28.8 Å². The van der Waals surface area contributed by atoms with Crippen LogP contribution in [0.15, 0.2) is 22.7 Å². The highest BCUT2D eigenvalue weighted by molar-refractivity contribution is 7.99. The van der Waals surface area contributed by atoms with Gasteiger partial charge in [0.25, 0.3) is 0 Å². The van der Waals surface area contributed by atoms with Crippen LogP contribution >= 0.6 is 23.1 Å². The number of aryl methyl sites for hydroxylation is 2. The molecule has 2 aromatic rings. The normalized spacial score (nSPS) is 10.9. The van der Waals surface area contributed by atoms with E-state index in [-0.39, 0.29) is 0 Å². The maximum Gasteiger partial charge on any atom is 0.188 e. The van der Waals surface area contributed by atoms with Gasteiger partial charge in [0.15, 0.2) is 5.16 Å². The molecule has 0 amide bonds. The monoisotopic (exact) mass is 307 g/mol. The molecule has 0 radical (unpaired) electrons. The molecule has 0 aromatic carbocycles. The van der Waals surface area contributed by atoms with Gasteiger partial charge in [-0.3, -0.25) is 0 Å².